The molecule has 16 heavy (non-hydrogen) atoms. The van der Waals surface area contributed by atoms with Crippen molar-refractivity contribution in [2.45, 2.75) is 66.0 Å². The molecule has 2 atom stereocenters. The summed E-state index contributed by atoms with van der Waals surface area (Å²) in [4.78, 5) is 2.51. The lowest BCUT2D eigenvalue weighted by Gasteiger charge is -2.31. The van der Waals surface area contributed by atoms with E-state index in [9.17, 15) is 0 Å². The van der Waals surface area contributed by atoms with Crippen LogP contribution < -0.4 is 5.32 Å². The first-order valence-corrected chi connectivity index (χ1v) is 6.91. The van der Waals surface area contributed by atoms with E-state index < -0.39 is 0 Å². The van der Waals surface area contributed by atoms with Crippen molar-refractivity contribution < 1.29 is 0 Å². The maximum Gasteiger partial charge on any atom is 0.00787 e. The van der Waals surface area contributed by atoms with Crippen molar-refractivity contribution in [1.29, 1.82) is 0 Å². The van der Waals surface area contributed by atoms with Crippen molar-refractivity contribution in [3.05, 3.63) is 0 Å². The van der Waals surface area contributed by atoms with Crippen molar-refractivity contribution in [2.24, 2.45) is 5.92 Å². The van der Waals surface area contributed by atoms with E-state index in [1.54, 1.807) is 0 Å². The number of nitrogens with one attached hydrogen (secondary N) is 1. The van der Waals surface area contributed by atoms with Crippen LogP contribution in [0.15, 0.2) is 0 Å². The van der Waals surface area contributed by atoms with Crippen LogP contribution in [0.25, 0.3) is 0 Å². The summed E-state index contributed by atoms with van der Waals surface area (Å²) < 4.78 is 0. The monoisotopic (exact) mass is 228 g/mol. The number of nitrogens with zero attached hydrogens (tertiary/aromatic N) is 1. The fraction of sp³-hybridized carbons (Fsp3) is 1.00. The number of hydrogen-bond donors (Lipinski definition) is 1. The lowest BCUT2D eigenvalue weighted by molar-refractivity contribution is 0.177. The van der Waals surface area contributed by atoms with E-state index >= 15 is 0 Å². The van der Waals surface area contributed by atoms with Gasteiger partial charge in [0.1, 0.15) is 0 Å². The summed E-state index contributed by atoms with van der Waals surface area (Å²) in [6.45, 7) is 13.7. The highest BCUT2D eigenvalue weighted by Gasteiger charge is 2.14. The van der Waals surface area contributed by atoms with Gasteiger partial charge in [-0.2, -0.15) is 0 Å². The van der Waals surface area contributed by atoms with Gasteiger partial charge in [0.05, 0.1) is 0 Å². The Labute approximate surface area is 103 Å². The van der Waals surface area contributed by atoms with Gasteiger partial charge in [-0.25, -0.2) is 0 Å². The SMILES string of the molecule is CCCC(C)N(C)C(C)CCNCC(C)C. The van der Waals surface area contributed by atoms with Crippen molar-refractivity contribution in [3.63, 3.8) is 0 Å². The average molecular weight is 228 g/mol. The summed E-state index contributed by atoms with van der Waals surface area (Å²) in [5, 5.41) is 3.51. The van der Waals surface area contributed by atoms with Crippen LogP contribution in [0.4, 0.5) is 0 Å². The van der Waals surface area contributed by atoms with Gasteiger partial charge in [-0.3, -0.25) is 0 Å². The van der Waals surface area contributed by atoms with Gasteiger partial charge in [0.15, 0.2) is 0 Å². The maximum absolute atomic E-state index is 3.51. The molecule has 0 saturated heterocycles. The van der Waals surface area contributed by atoms with E-state index in [0.29, 0.717) is 12.1 Å². The van der Waals surface area contributed by atoms with Gasteiger partial charge >= 0.3 is 0 Å². The Hall–Kier alpha value is -0.0800. The van der Waals surface area contributed by atoms with E-state index in [2.05, 4.69) is 51.9 Å². The molecule has 0 spiro atoms. The Morgan fingerprint density at radius 1 is 1.00 bits per heavy atom. The highest BCUT2D eigenvalue weighted by atomic mass is 15.1. The van der Waals surface area contributed by atoms with Gasteiger partial charge in [0.25, 0.3) is 0 Å². The molecule has 0 aliphatic heterocycles. The lowest BCUT2D eigenvalue weighted by Crippen LogP contribution is -2.38. The Morgan fingerprint density at radius 2 is 1.56 bits per heavy atom. The molecular formula is C14H32N2. The summed E-state index contributed by atoms with van der Waals surface area (Å²) in [5.41, 5.74) is 0. The van der Waals surface area contributed by atoms with Crippen molar-refractivity contribution in [3.8, 4) is 0 Å². The molecule has 2 unspecified atom stereocenters. The number of hydrogen-bond acceptors (Lipinski definition) is 2. The summed E-state index contributed by atoms with van der Waals surface area (Å²) in [6, 6.07) is 1.39. The van der Waals surface area contributed by atoms with Crippen LogP contribution in [0.2, 0.25) is 0 Å². The van der Waals surface area contributed by atoms with Crippen molar-refractivity contribution in [2.75, 3.05) is 20.1 Å². The first-order valence-electron chi connectivity index (χ1n) is 6.91. The highest BCUT2D eigenvalue weighted by molar-refractivity contribution is 4.70. The van der Waals surface area contributed by atoms with E-state index in [0.717, 1.165) is 19.0 Å². The summed E-state index contributed by atoms with van der Waals surface area (Å²) in [6.07, 6.45) is 3.83. The zero-order chi connectivity index (χ0) is 12.6. The molecule has 98 valence electrons. The van der Waals surface area contributed by atoms with Crippen LogP contribution in [-0.2, 0) is 0 Å². The lowest BCUT2D eigenvalue weighted by atomic mass is 10.1. The molecule has 0 saturated carbocycles. The smallest absolute Gasteiger partial charge is 0.00787 e. The van der Waals surface area contributed by atoms with E-state index in [1.165, 1.54) is 19.3 Å². The second kappa shape index (κ2) is 9.00. The molecule has 0 aliphatic rings. The Balaban J connectivity index is 3.66. The summed E-state index contributed by atoms with van der Waals surface area (Å²) in [5.74, 6) is 0.757. The largest absolute Gasteiger partial charge is 0.316 e. The molecule has 0 aromatic rings. The van der Waals surface area contributed by atoms with Crippen LogP contribution in [-0.4, -0.2) is 37.1 Å². The maximum atomic E-state index is 3.51. The van der Waals surface area contributed by atoms with Crippen LogP contribution in [0.5, 0.6) is 0 Å². The topological polar surface area (TPSA) is 15.3 Å². The second-order valence-corrected chi connectivity index (χ2v) is 5.54. The van der Waals surface area contributed by atoms with Gasteiger partial charge < -0.3 is 10.2 Å². The van der Waals surface area contributed by atoms with Crippen molar-refractivity contribution >= 4 is 0 Å². The Kier molecular flexibility index (Phi) is 8.96. The zero-order valence-corrected chi connectivity index (χ0v) is 12.2. The van der Waals surface area contributed by atoms with Gasteiger partial charge in [0, 0.05) is 12.1 Å². The van der Waals surface area contributed by atoms with Crippen LogP contribution in [0.1, 0.15) is 53.9 Å². The predicted octanol–water partition coefficient (Wildman–Crippen LogP) is 3.13. The van der Waals surface area contributed by atoms with Crippen LogP contribution in [0.3, 0.4) is 0 Å². The molecule has 0 amide bonds. The molecule has 0 aliphatic carbocycles. The van der Waals surface area contributed by atoms with Gasteiger partial charge in [-0.05, 0) is 52.7 Å². The summed E-state index contributed by atoms with van der Waals surface area (Å²) >= 11 is 0. The minimum absolute atomic E-state index is 0.682. The molecule has 0 radical (unpaired) electrons. The first kappa shape index (κ1) is 15.9. The third kappa shape index (κ3) is 7.24. The van der Waals surface area contributed by atoms with Crippen LogP contribution >= 0.6 is 0 Å². The highest BCUT2D eigenvalue weighted by Crippen LogP contribution is 2.10. The average Bonchev–Trinajstić information content (AvgIpc) is 2.23. The molecule has 0 fully saturated rings. The summed E-state index contributed by atoms with van der Waals surface area (Å²) in [7, 11) is 2.26. The minimum Gasteiger partial charge on any atom is -0.316 e. The van der Waals surface area contributed by atoms with Crippen molar-refractivity contribution in [1.82, 2.24) is 10.2 Å². The van der Waals surface area contributed by atoms with Gasteiger partial charge in [0.2, 0.25) is 0 Å². The van der Waals surface area contributed by atoms with E-state index in [4.69, 9.17) is 0 Å². The molecule has 1 N–H and O–H groups in total. The third-order valence-corrected chi connectivity index (χ3v) is 3.39. The predicted molar refractivity (Wildman–Crippen MR) is 73.9 cm³/mol. The molecule has 0 heterocycles. The molecule has 2 nitrogen and oxygen atoms in total. The van der Waals surface area contributed by atoms with Gasteiger partial charge in [-0.1, -0.05) is 27.2 Å². The normalized spacial score (nSPS) is 15.8. The molecule has 0 aromatic heterocycles. The second-order valence-electron chi connectivity index (χ2n) is 5.54. The molecule has 0 aromatic carbocycles. The van der Waals surface area contributed by atoms with Gasteiger partial charge in [-0.15, -0.1) is 0 Å². The molecule has 0 rings (SSSR count). The fourth-order valence-corrected chi connectivity index (χ4v) is 1.96. The zero-order valence-electron chi connectivity index (χ0n) is 12.2. The van der Waals surface area contributed by atoms with E-state index in [-0.39, 0.29) is 0 Å². The Morgan fingerprint density at radius 3 is 2.06 bits per heavy atom. The molecular weight excluding hydrogens is 196 g/mol. The standard InChI is InChI=1S/C14H32N2/c1-7-8-13(4)16(6)14(5)9-10-15-11-12(2)3/h12-15H,7-11H2,1-6H3. The third-order valence-electron chi connectivity index (χ3n) is 3.39. The minimum atomic E-state index is 0.682. The van der Waals surface area contributed by atoms with E-state index in [1.807, 2.05) is 0 Å². The molecule has 0 bridgehead atoms. The fourth-order valence-electron chi connectivity index (χ4n) is 1.96. The molecule has 2 heteroatoms. The first-order chi connectivity index (χ1) is 7.49. The Bertz CT molecular complexity index is 157. The van der Waals surface area contributed by atoms with Crippen LogP contribution in [0, 0.1) is 5.92 Å². The number of rotatable bonds is 9. The quantitative estimate of drug-likeness (QED) is 0.610.